The van der Waals surface area contributed by atoms with Crippen molar-refractivity contribution >= 4 is 12.0 Å². The SMILES string of the molecule is Cc1cc(CC(=O)N2CCC(N3C(=O)OCC3C)CC2)on1. The quantitative estimate of drug-likeness (QED) is 0.842. The fourth-order valence-electron chi connectivity index (χ4n) is 3.19. The van der Waals surface area contributed by atoms with E-state index in [1.165, 1.54) is 0 Å². The van der Waals surface area contributed by atoms with Crippen LogP contribution in [0.4, 0.5) is 4.79 Å². The van der Waals surface area contributed by atoms with Crippen molar-refractivity contribution < 1.29 is 18.8 Å². The van der Waals surface area contributed by atoms with Crippen LogP contribution in [0, 0.1) is 6.92 Å². The summed E-state index contributed by atoms with van der Waals surface area (Å²) in [4.78, 5) is 27.7. The van der Waals surface area contributed by atoms with Gasteiger partial charge in [0.1, 0.15) is 12.4 Å². The summed E-state index contributed by atoms with van der Waals surface area (Å²) in [5.74, 6) is 0.646. The maximum absolute atomic E-state index is 12.3. The molecule has 3 heterocycles. The number of ether oxygens (including phenoxy) is 1. The minimum atomic E-state index is -0.227. The number of nitrogens with zero attached hydrogens (tertiary/aromatic N) is 3. The summed E-state index contributed by atoms with van der Waals surface area (Å²) in [6.07, 6.45) is 1.60. The van der Waals surface area contributed by atoms with Gasteiger partial charge in [-0.2, -0.15) is 0 Å². The molecule has 0 saturated carbocycles. The van der Waals surface area contributed by atoms with Crippen LogP contribution in [-0.2, 0) is 16.0 Å². The predicted molar refractivity (Wildman–Crippen MR) is 77.2 cm³/mol. The molecular formula is C15H21N3O4. The molecule has 1 atom stereocenters. The Hall–Kier alpha value is -2.05. The fraction of sp³-hybridized carbons (Fsp3) is 0.667. The van der Waals surface area contributed by atoms with Gasteiger partial charge in [0.05, 0.1) is 18.2 Å². The highest BCUT2D eigenvalue weighted by Crippen LogP contribution is 2.24. The maximum atomic E-state index is 12.3. The highest BCUT2D eigenvalue weighted by Gasteiger charge is 2.37. The third-order valence-corrected chi connectivity index (χ3v) is 4.35. The van der Waals surface area contributed by atoms with Gasteiger partial charge in [-0.25, -0.2) is 4.79 Å². The number of aromatic nitrogens is 1. The molecule has 0 aromatic carbocycles. The highest BCUT2D eigenvalue weighted by molar-refractivity contribution is 5.78. The van der Waals surface area contributed by atoms with E-state index >= 15 is 0 Å². The lowest BCUT2D eigenvalue weighted by Gasteiger charge is -2.37. The summed E-state index contributed by atoms with van der Waals surface area (Å²) in [5, 5.41) is 3.79. The summed E-state index contributed by atoms with van der Waals surface area (Å²) >= 11 is 0. The van der Waals surface area contributed by atoms with E-state index in [4.69, 9.17) is 9.26 Å². The Morgan fingerprint density at radius 3 is 2.68 bits per heavy atom. The smallest absolute Gasteiger partial charge is 0.410 e. The lowest BCUT2D eigenvalue weighted by atomic mass is 10.0. The summed E-state index contributed by atoms with van der Waals surface area (Å²) in [7, 11) is 0. The van der Waals surface area contributed by atoms with E-state index in [1.54, 1.807) is 6.07 Å². The van der Waals surface area contributed by atoms with Gasteiger partial charge in [0.25, 0.3) is 0 Å². The standard InChI is InChI=1S/C15H21N3O4/c1-10-7-13(22-16-10)8-14(19)17-5-3-12(4-6-17)18-11(2)9-21-15(18)20/h7,11-12H,3-6,8-9H2,1-2H3. The van der Waals surface area contributed by atoms with Crippen LogP contribution in [0.1, 0.15) is 31.2 Å². The summed E-state index contributed by atoms with van der Waals surface area (Å²) in [5.41, 5.74) is 0.781. The zero-order chi connectivity index (χ0) is 15.7. The molecule has 3 rings (SSSR count). The van der Waals surface area contributed by atoms with Crippen molar-refractivity contribution in [3.63, 3.8) is 0 Å². The molecule has 0 N–H and O–H groups in total. The molecule has 0 radical (unpaired) electrons. The van der Waals surface area contributed by atoms with Crippen molar-refractivity contribution in [3.05, 3.63) is 17.5 Å². The molecule has 1 unspecified atom stereocenters. The molecule has 2 amide bonds. The fourth-order valence-corrected chi connectivity index (χ4v) is 3.19. The molecule has 0 aliphatic carbocycles. The lowest BCUT2D eigenvalue weighted by molar-refractivity contribution is -0.132. The van der Waals surface area contributed by atoms with E-state index in [0.717, 1.165) is 18.5 Å². The molecule has 1 aromatic heterocycles. The predicted octanol–water partition coefficient (Wildman–Crippen LogP) is 1.36. The normalized spacial score (nSPS) is 23.0. The number of likely N-dealkylation sites (tertiary alicyclic amines) is 1. The minimum absolute atomic E-state index is 0.0478. The molecule has 2 fully saturated rings. The average Bonchev–Trinajstić information content (AvgIpc) is 3.05. The molecule has 7 heteroatoms. The number of aryl methyl sites for hydroxylation is 1. The second-order valence-corrected chi connectivity index (χ2v) is 6.06. The largest absolute Gasteiger partial charge is 0.447 e. The van der Waals surface area contributed by atoms with E-state index in [-0.39, 0.29) is 30.5 Å². The second-order valence-electron chi connectivity index (χ2n) is 6.06. The third-order valence-electron chi connectivity index (χ3n) is 4.35. The molecule has 0 bridgehead atoms. The number of hydrogen-bond acceptors (Lipinski definition) is 5. The van der Waals surface area contributed by atoms with E-state index in [0.29, 0.717) is 25.5 Å². The minimum Gasteiger partial charge on any atom is -0.447 e. The van der Waals surface area contributed by atoms with Crippen LogP contribution < -0.4 is 0 Å². The first-order chi connectivity index (χ1) is 10.5. The molecule has 1 aromatic rings. The zero-order valence-corrected chi connectivity index (χ0v) is 12.9. The first kappa shape index (κ1) is 14.9. The Labute approximate surface area is 129 Å². The van der Waals surface area contributed by atoms with E-state index in [1.807, 2.05) is 23.6 Å². The van der Waals surface area contributed by atoms with Crippen LogP contribution in [0.25, 0.3) is 0 Å². The summed E-state index contributed by atoms with van der Waals surface area (Å²) in [6.45, 7) is 5.61. The van der Waals surface area contributed by atoms with Crippen LogP contribution in [0.15, 0.2) is 10.6 Å². The Morgan fingerprint density at radius 2 is 2.14 bits per heavy atom. The Kier molecular flexibility index (Phi) is 4.04. The first-order valence-electron chi connectivity index (χ1n) is 7.69. The van der Waals surface area contributed by atoms with Crippen molar-refractivity contribution in [1.29, 1.82) is 0 Å². The monoisotopic (exact) mass is 307 g/mol. The molecule has 22 heavy (non-hydrogen) atoms. The van der Waals surface area contributed by atoms with E-state index in [2.05, 4.69) is 5.16 Å². The van der Waals surface area contributed by atoms with Gasteiger partial charge in [-0.3, -0.25) is 9.69 Å². The molecule has 7 nitrogen and oxygen atoms in total. The Bertz CT molecular complexity index is 563. The van der Waals surface area contributed by atoms with Crippen LogP contribution in [0.5, 0.6) is 0 Å². The van der Waals surface area contributed by atoms with Crippen LogP contribution in [0.2, 0.25) is 0 Å². The highest BCUT2D eigenvalue weighted by atomic mass is 16.6. The summed E-state index contributed by atoms with van der Waals surface area (Å²) < 4.78 is 10.2. The van der Waals surface area contributed by atoms with Crippen molar-refractivity contribution in [3.8, 4) is 0 Å². The number of amides is 2. The summed E-state index contributed by atoms with van der Waals surface area (Å²) in [6, 6.07) is 2.07. The molecule has 2 saturated heterocycles. The number of piperidine rings is 1. The van der Waals surface area contributed by atoms with Gasteiger partial charge in [0, 0.05) is 25.2 Å². The maximum Gasteiger partial charge on any atom is 0.410 e. The third kappa shape index (κ3) is 2.93. The first-order valence-corrected chi connectivity index (χ1v) is 7.69. The zero-order valence-electron chi connectivity index (χ0n) is 12.9. The van der Waals surface area contributed by atoms with Gasteiger partial charge < -0.3 is 14.2 Å². The topological polar surface area (TPSA) is 75.9 Å². The average molecular weight is 307 g/mol. The van der Waals surface area contributed by atoms with E-state index in [9.17, 15) is 9.59 Å². The van der Waals surface area contributed by atoms with Gasteiger partial charge >= 0.3 is 6.09 Å². The Balaban J connectivity index is 1.53. The van der Waals surface area contributed by atoms with Crippen molar-refractivity contribution in [1.82, 2.24) is 15.0 Å². The van der Waals surface area contributed by atoms with Gasteiger partial charge in [-0.05, 0) is 26.7 Å². The molecule has 0 spiro atoms. The van der Waals surface area contributed by atoms with Crippen LogP contribution >= 0.6 is 0 Å². The van der Waals surface area contributed by atoms with Crippen LogP contribution in [-0.4, -0.2) is 58.7 Å². The Morgan fingerprint density at radius 1 is 1.41 bits per heavy atom. The van der Waals surface area contributed by atoms with Crippen LogP contribution in [0.3, 0.4) is 0 Å². The van der Waals surface area contributed by atoms with Crippen molar-refractivity contribution in [2.24, 2.45) is 0 Å². The van der Waals surface area contributed by atoms with Gasteiger partial charge in [0.15, 0.2) is 0 Å². The number of hydrogen-bond donors (Lipinski definition) is 0. The number of carbonyl (C=O) groups excluding carboxylic acids is 2. The van der Waals surface area contributed by atoms with Crippen molar-refractivity contribution in [2.45, 2.75) is 45.2 Å². The molecular weight excluding hydrogens is 286 g/mol. The number of carbonyl (C=O) groups is 2. The van der Waals surface area contributed by atoms with E-state index < -0.39 is 0 Å². The van der Waals surface area contributed by atoms with Gasteiger partial charge in [-0.15, -0.1) is 0 Å². The van der Waals surface area contributed by atoms with Gasteiger partial charge in [0.2, 0.25) is 5.91 Å². The molecule has 2 aliphatic heterocycles. The second kappa shape index (κ2) is 5.98. The van der Waals surface area contributed by atoms with Gasteiger partial charge in [-0.1, -0.05) is 5.16 Å². The molecule has 120 valence electrons. The lowest BCUT2D eigenvalue weighted by Crippen LogP contribution is -2.49. The molecule has 2 aliphatic rings. The number of rotatable bonds is 3. The van der Waals surface area contributed by atoms with Crippen molar-refractivity contribution in [2.75, 3.05) is 19.7 Å². The number of cyclic esters (lactones) is 1.